The molecule has 0 aliphatic rings. The summed E-state index contributed by atoms with van der Waals surface area (Å²) >= 11 is 0. The average Bonchev–Trinajstić information content (AvgIpc) is 2.37. The SMILES string of the molecule is CNS(=O)(=O)c1ccc(N)c(N(CC(N)=O)CC(C)C)c1. The van der Waals surface area contributed by atoms with Crippen LogP contribution in [0, 0.1) is 5.92 Å². The number of nitrogen functional groups attached to an aromatic ring is 1. The van der Waals surface area contributed by atoms with Gasteiger partial charge in [0.15, 0.2) is 0 Å². The largest absolute Gasteiger partial charge is 0.397 e. The molecule has 0 bridgehead atoms. The minimum Gasteiger partial charge on any atom is -0.397 e. The van der Waals surface area contributed by atoms with Crippen molar-refractivity contribution in [3.63, 3.8) is 0 Å². The highest BCUT2D eigenvalue weighted by Gasteiger charge is 2.18. The lowest BCUT2D eigenvalue weighted by Crippen LogP contribution is -2.36. The van der Waals surface area contributed by atoms with Crippen LogP contribution >= 0.6 is 0 Å². The van der Waals surface area contributed by atoms with Crippen molar-refractivity contribution in [2.24, 2.45) is 11.7 Å². The molecule has 0 spiro atoms. The van der Waals surface area contributed by atoms with Crippen LogP contribution in [0.3, 0.4) is 0 Å². The Morgan fingerprint density at radius 2 is 2.00 bits per heavy atom. The highest BCUT2D eigenvalue weighted by Crippen LogP contribution is 2.27. The quantitative estimate of drug-likeness (QED) is 0.618. The third-order valence-electron chi connectivity index (χ3n) is 2.85. The summed E-state index contributed by atoms with van der Waals surface area (Å²) in [7, 11) is -2.24. The standard InChI is InChI=1S/C13H22N4O3S/c1-9(2)7-17(8-13(15)18)12-6-10(4-5-11(12)14)21(19,20)16-3/h4-6,9,16H,7-8,14H2,1-3H3,(H2,15,18). The number of sulfonamides is 1. The zero-order valence-corrected chi connectivity index (χ0v) is 13.3. The van der Waals surface area contributed by atoms with Gasteiger partial charge < -0.3 is 16.4 Å². The van der Waals surface area contributed by atoms with Crippen LogP contribution in [0.2, 0.25) is 0 Å². The molecule has 0 saturated carbocycles. The number of nitrogens with two attached hydrogens (primary N) is 2. The van der Waals surface area contributed by atoms with Crippen LogP contribution in [0.4, 0.5) is 11.4 Å². The van der Waals surface area contributed by atoms with E-state index in [1.54, 1.807) is 4.90 Å². The minimum atomic E-state index is -3.58. The summed E-state index contributed by atoms with van der Waals surface area (Å²) in [6.45, 7) is 4.48. The molecule has 0 aliphatic carbocycles. The fourth-order valence-electron chi connectivity index (χ4n) is 1.96. The molecule has 1 amide bonds. The molecule has 0 aromatic heterocycles. The van der Waals surface area contributed by atoms with Crippen molar-refractivity contribution in [2.75, 3.05) is 30.8 Å². The third kappa shape index (κ3) is 4.61. The molecule has 0 saturated heterocycles. The predicted molar refractivity (Wildman–Crippen MR) is 83.3 cm³/mol. The number of primary amides is 1. The molecule has 0 aliphatic heterocycles. The normalized spacial score (nSPS) is 11.6. The number of carbonyl (C=O) groups is 1. The van der Waals surface area contributed by atoms with Gasteiger partial charge in [-0.2, -0.15) is 0 Å². The third-order valence-corrected chi connectivity index (χ3v) is 4.27. The van der Waals surface area contributed by atoms with Crippen LogP contribution in [0.5, 0.6) is 0 Å². The number of benzene rings is 1. The number of nitrogens with zero attached hydrogens (tertiary/aromatic N) is 1. The van der Waals surface area contributed by atoms with Gasteiger partial charge >= 0.3 is 0 Å². The fourth-order valence-corrected chi connectivity index (χ4v) is 2.71. The molecule has 8 heteroatoms. The van der Waals surface area contributed by atoms with Crippen molar-refractivity contribution >= 4 is 27.3 Å². The molecule has 118 valence electrons. The molecule has 7 nitrogen and oxygen atoms in total. The number of anilines is 2. The van der Waals surface area contributed by atoms with Gasteiger partial charge in [0.2, 0.25) is 15.9 Å². The summed E-state index contributed by atoms with van der Waals surface area (Å²) in [5.74, 6) is -0.245. The molecule has 0 unspecified atom stereocenters. The first-order valence-electron chi connectivity index (χ1n) is 6.53. The Labute approximate surface area is 125 Å². The van der Waals surface area contributed by atoms with Crippen molar-refractivity contribution in [3.05, 3.63) is 18.2 Å². The predicted octanol–water partition coefficient (Wildman–Crippen LogP) is 0.125. The van der Waals surface area contributed by atoms with Crippen molar-refractivity contribution in [2.45, 2.75) is 18.7 Å². The number of carbonyl (C=O) groups excluding carboxylic acids is 1. The Morgan fingerprint density at radius 1 is 1.38 bits per heavy atom. The monoisotopic (exact) mass is 314 g/mol. The summed E-state index contributed by atoms with van der Waals surface area (Å²) in [6.07, 6.45) is 0. The first-order valence-corrected chi connectivity index (χ1v) is 8.02. The highest BCUT2D eigenvalue weighted by atomic mass is 32.2. The Morgan fingerprint density at radius 3 is 2.48 bits per heavy atom. The molecular formula is C13H22N4O3S. The van der Waals surface area contributed by atoms with Crippen LogP contribution in [0.25, 0.3) is 0 Å². The second-order valence-corrected chi connectivity index (χ2v) is 7.06. The lowest BCUT2D eigenvalue weighted by atomic mass is 10.1. The van der Waals surface area contributed by atoms with Crippen LogP contribution in [-0.4, -0.2) is 34.5 Å². The number of hydrogen-bond donors (Lipinski definition) is 3. The van der Waals surface area contributed by atoms with Crippen molar-refractivity contribution in [3.8, 4) is 0 Å². The van der Waals surface area contributed by atoms with E-state index < -0.39 is 15.9 Å². The van der Waals surface area contributed by atoms with E-state index in [1.807, 2.05) is 13.8 Å². The second-order valence-electron chi connectivity index (χ2n) is 5.17. The Bertz CT molecular complexity index is 614. The van der Waals surface area contributed by atoms with Crippen LogP contribution in [0.1, 0.15) is 13.8 Å². The lowest BCUT2D eigenvalue weighted by Gasteiger charge is -2.27. The molecule has 21 heavy (non-hydrogen) atoms. The van der Waals surface area contributed by atoms with Gasteiger partial charge in [-0.3, -0.25) is 4.79 Å². The fraction of sp³-hybridized carbons (Fsp3) is 0.462. The molecule has 1 aromatic carbocycles. The molecular weight excluding hydrogens is 292 g/mol. The molecule has 5 N–H and O–H groups in total. The Balaban J connectivity index is 3.29. The van der Waals surface area contributed by atoms with E-state index in [1.165, 1.54) is 25.2 Å². The van der Waals surface area contributed by atoms with E-state index in [2.05, 4.69) is 4.72 Å². The van der Waals surface area contributed by atoms with Gasteiger partial charge in [-0.1, -0.05) is 13.8 Å². The van der Waals surface area contributed by atoms with E-state index in [4.69, 9.17) is 11.5 Å². The van der Waals surface area contributed by atoms with Crippen molar-refractivity contribution in [1.29, 1.82) is 0 Å². The summed E-state index contributed by atoms with van der Waals surface area (Å²) in [5.41, 5.74) is 12.1. The second kappa shape index (κ2) is 6.77. The van der Waals surface area contributed by atoms with Gasteiger partial charge in [0, 0.05) is 6.54 Å². The summed E-state index contributed by atoms with van der Waals surface area (Å²) in [6, 6.07) is 4.38. The first-order chi connectivity index (χ1) is 9.67. The van der Waals surface area contributed by atoms with E-state index in [9.17, 15) is 13.2 Å². The zero-order chi connectivity index (χ0) is 16.2. The lowest BCUT2D eigenvalue weighted by molar-refractivity contribution is -0.116. The van der Waals surface area contributed by atoms with Crippen LogP contribution in [-0.2, 0) is 14.8 Å². The molecule has 0 fully saturated rings. The number of rotatable bonds is 7. The topological polar surface area (TPSA) is 119 Å². The van der Waals surface area contributed by atoms with Crippen LogP contribution < -0.4 is 21.1 Å². The minimum absolute atomic E-state index is 0.0224. The summed E-state index contributed by atoms with van der Waals surface area (Å²) in [4.78, 5) is 13.0. The summed E-state index contributed by atoms with van der Waals surface area (Å²) < 4.78 is 26.0. The maximum absolute atomic E-state index is 11.9. The van der Waals surface area contributed by atoms with Gasteiger partial charge in [0.25, 0.3) is 0 Å². The summed E-state index contributed by atoms with van der Waals surface area (Å²) in [5, 5.41) is 0. The number of hydrogen-bond acceptors (Lipinski definition) is 5. The number of amides is 1. The smallest absolute Gasteiger partial charge is 0.240 e. The molecule has 0 heterocycles. The maximum Gasteiger partial charge on any atom is 0.240 e. The number of nitrogens with one attached hydrogen (secondary N) is 1. The van der Waals surface area contributed by atoms with Crippen molar-refractivity contribution in [1.82, 2.24) is 4.72 Å². The van der Waals surface area contributed by atoms with E-state index in [0.717, 1.165) is 0 Å². The maximum atomic E-state index is 11.9. The van der Waals surface area contributed by atoms with E-state index in [0.29, 0.717) is 17.9 Å². The van der Waals surface area contributed by atoms with Gasteiger partial charge in [-0.05, 0) is 31.2 Å². The average molecular weight is 314 g/mol. The van der Waals surface area contributed by atoms with E-state index in [-0.39, 0.29) is 17.4 Å². The molecule has 0 radical (unpaired) electrons. The molecule has 1 rings (SSSR count). The Hall–Kier alpha value is -1.80. The first kappa shape index (κ1) is 17.3. The van der Waals surface area contributed by atoms with Crippen LogP contribution in [0.15, 0.2) is 23.1 Å². The van der Waals surface area contributed by atoms with Gasteiger partial charge in [-0.15, -0.1) is 0 Å². The van der Waals surface area contributed by atoms with Gasteiger partial charge in [-0.25, -0.2) is 13.1 Å². The Kier molecular flexibility index (Phi) is 5.56. The van der Waals surface area contributed by atoms with Crippen molar-refractivity contribution < 1.29 is 13.2 Å². The van der Waals surface area contributed by atoms with Gasteiger partial charge in [0.1, 0.15) is 0 Å². The van der Waals surface area contributed by atoms with Gasteiger partial charge in [0.05, 0.1) is 22.8 Å². The highest BCUT2D eigenvalue weighted by molar-refractivity contribution is 7.89. The zero-order valence-electron chi connectivity index (χ0n) is 12.5. The molecule has 0 atom stereocenters. The molecule has 1 aromatic rings. The van der Waals surface area contributed by atoms with E-state index >= 15 is 0 Å².